The lowest BCUT2D eigenvalue weighted by atomic mass is 9.74. The predicted octanol–water partition coefficient (Wildman–Crippen LogP) is 5.05. The van der Waals surface area contributed by atoms with E-state index in [2.05, 4.69) is 13.8 Å². The van der Waals surface area contributed by atoms with E-state index in [4.69, 9.17) is 0 Å². The zero-order valence-corrected chi connectivity index (χ0v) is 11.1. The van der Waals surface area contributed by atoms with Crippen LogP contribution in [0.15, 0.2) is 36.4 Å². The lowest BCUT2D eigenvalue weighted by Gasteiger charge is -2.29. The molecule has 0 unspecified atom stereocenters. The maximum absolute atomic E-state index is 13.6. The highest BCUT2D eigenvalue weighted by atomic mass is 19.1. The van der Waals surface area contributed by atoms with Gasteiger partial charge in [0, 0.05) is 5.41 Å². The number of benzene rings is 2. The van der Waals surface area contributed by atoms with Gasteiger partial charge in [0.1, 0.15) is 11.6 Å². The van der Waals surface area contributed by atoms with Gasteiger partial charge in [-0.3, -0.25) is 0 Å². The summed E-state index contributed by atoms with van der Waals surface area (Å²) < 4.78 is 27.2. The molecule has 0 amide bonds. The number of fused-ring (bicyclic) bond motifs is 3. The Kier molecular flexibility index (Phi) is 2.70. The normalized spacial score (nSPS) is 15.2. The fraction of sp³-hybridized carbons (Fsp3) is 0.294. The zero-order valence-electron chi connectivity index (χ0n) is 11.1. The van der Waals surface area contributed by atoms with E-state index in [1.807, 2.05) is 12.1 Å². The Morgan fingerprint density at radius 3 is 1.58 bits per heavy atom. The van der Waals surface area contributed by atoms with Crippen molar-refractivity contribution in [1.82, 2.24) is 0 Å². The van der Waals surface area contributed by atoms with Gasteiger partial charge in [-0.1, -0.05) is 26.0 Å². The first-order chi connectivity index (χ1) is 9.12. The molecule has 0 saturated heterocycles. The van der Waals surface area contributed by atoms with Crippen LogP contribution in [-0.2, 0) is 5.41 Å². The summed E-state index contributed by atoms with van der Waals surface area (Å²) in [6.07, 6.45) is 1.69. The molecule has 0 aromatic heterocycles. The van der Waals surface area contributed by atoms with E-state index >= 15 is 0 Å². The molecular weight excluding hydrogens is 242 g/mol. The summed E-state index contributed by atoms with van der Waals surface area (Å²) in [5, 5.41) is 0. The maximum atomic E-state index is 13.6. The molecule has 98 valence electrons. The molecule has 2 heteroatoms. The van der Waals surface area contributed by atoms with Crippen molar-refractivity contribution in [2.45, 2.75) is 32.1 Å². The first kappa shape index (κ1) is 12.3. The predicted molar refractivity (Wildman–Crippen MR) is 73.2 cm³/mol. The Hall–Kier alpha value is -1.70. The van der Waals surface area contributed by atoms with E-state index < -0.39 is 0 Å². The summed E-state index contributed by atoms with van der Waals surface area (Å²) in [6, 6.07) is 9.81. The third-order valence-corrected chi connectivity index (χ3v) is 4.49. The second kappa shape index (κ2) is 4.16. The zero-order chi connectivity index (χ0) is 13.6. The van der Waals surface area contributed by atoms with Crippen LogP contribution in [0.3, 0.4) is 0 Å². The van der Waals surface area contributed by atoms with Crippen LogP contribution in [0.4, 0.5) is 8.78 Å². The van der Waals surface area contributed by atoms with E-state index in [1.54, 1.807) is 12.1 Å². The van der Waals surface area contributed by atoms with Gasteiger partial charge >= 0.3 is 0 Å². The Labute approximate surface area is 112 Å². The SMILES string of the molecule is CCC1(CC)c2cc(F)ccc2-c2ccc(F)cc21. The quantitative estimate of drug-likeness (QED) is 0.707. The molecule has 0 radical (unpaired) electrons. The Balaban J connectivity index is 2.38. The van der Waals surface area contributed by atoms with E-state index in [0.29, 0.717) is 0 Å². The van der Waals surface area contributed by atoms with Crippen LogP contribution in [0, 0.1) is 11.6 Å². The van der Waals surface area contributed by atoms with Crippen LogP contribution in [-0.4, -0.2) is 0 Å². The topological polar surface area (TPSA) is 0 Å². The minimum absolute atomic E-state index is 0.224. The first-order valence-corrected chi connectivity index (χ1v) is 6.73. The molecule has 0 nitrogen and oxygen atoms in total. The smallest absolute Gasteiger partial charge is 0.123 e. The Morgan fingerprint density at radius 1 is 0.789 bits per heavy atom. The molecule has 3 rings (SSSR count). The molecular formula is C17H16F2. The van der Waals surface area contributed by atoms with Gasteiger partial charge in [-0.05, 0) is 59.4 Å². The molecule has 0 atom stereocenters. The molecule has 0 N–H and O–H groups in total. The van der Waals surface area contributed by atoms with Crippen LogP contribution >= 0.6 is 0 Å². The van der Waals surface area contributed by atoms with Gasteiger partial charge in [-0.25, -0.2) is 8.78 Å². The van der Waals surface area contributed by atoms with E-state index in [1.165, 1.54) is 12.1 Å². The van der Waals surface area contributed by atoms with Crippen LogP contribution in [0.25, 0.3) is 11.1 Å². The van der Waals surface area contributed by atoms with Crippen molar-refractivity contribution in [1.29, 1.82) is 0 Å². The third kappa shape index (κ3) is 1.55. The van der Waals surface area contributed by atoms with E-state index in [0.717, 1.165) is 35.1 Å². The van der Waals surface area contributed by atoms with Crippen molar-refractivity contribution in [3.8, 4) is 11.1 Å². The highest BCUT2D eigenvalue weighted by molar-refractivity contribution is 5.81. The molecule has 0 aliphatic heterocycles. The summed E-state index contributed by atoms with van der Waals surface area (Å²) >= 11 is 0. The minimum Gasteiger partial charge on any atom is -0.207 e. The third-order valence-electron chi connectivity index (χ3n) is 4.49. The summed E-state index contributed by atoms with van der Waals surface area (Å²) in [4.78, 5) is 0. The fourth-order valence-corrected chi connectivity index (χ4v) is 3.45. The van der Waals surface area contributed by atoms with Crippen molar-refractivity contribution in [2.75, 3.05) is 0 Å². The Bertz CT molecular complexity index is 586. The highest BCUT2D eigenvalue weighted by Gasteiger charge is 2.40. The van der Waals surface area contributed by atoms with Crippen molar-refractivity contribution in [2.24, 2.45) is 0 Å². The molecule has 0 fully saturated rings. The molecule has 19 heavy (non-hydrogen) atoms. The van der Waals surface area contributed by atoms with Gasteiger partial charge in [0.25, 0.3) is 0 Å². The van der Waals surface area contributed by atoms with Gasteiger partial charge in [-0.2, -0.15) is 0 Å². The highest BCUT2D eigenvalue weighted by Crippen LogP contribution is 2.52. The summed E-state index contributed by atoms with van der Waals surface area (Å²) in [7, 11) is 0. The fourth-order valence-electron chi connectivity index (χ4n) is 3.45. The van der Waals surface area contributed by atoms with Gasteiger partial charge < -0.3 is 0 Å². The van der Waals surface area contributed by atoms with Crippen molar-refractivity contribution in [3.05, 3.63) is 59.2 Å². The summed E-state index contributed by atoms with van der Waals surface area (Å²) in [5.74, 6) is -0.448. The van der Waals surface area contributed by atoms with Crippen LogP contribution in [0.1, 0.15) is 37.8 Å². The lowest BCUT2D eigenvalue weighted by molar-refractivity contribution is 0.483. The molecule has 0 saturated carbocycles. The van der Waals surface area contributed by atoms with E-state index in [9.17, 15) is 8.78 Å². The first-order valence-electron chi connectivity index (χ1n) is 6.73. The lowest BCUT2D eigenvalue weighted by Crippen LogP contribution is -2.23. The summed E-state index contributed by atoms with van der Waals surface area (Å²) in [5.41, 5.74) is 3.82. The van der Waals surface area contributed by atoms with Crippen molar-refractivity contribution in [3.63, 3.8) is 0 Å². The van der Waals surface area contributed by atoms with Gasteiger partial charge in [0.05, 0.1) is 0 Å². The van der Waals surface area contributed by atoms with Gasteiger partial charge in [0.15, 0.2) is 0 Å². The van der Waals surface area contributed by atoms with Gasteiger partial charge in [-0.15, -0.1) is 0 Å². The van der Waals surface area contributed by atoms with Gasteiger partial charge in [0.2, 0.25) is 0 Å². The summed E-state index contributed by atoms with van der Waals surface area (Å²) in [6.45, 7) is 4.16. The molecule has 0 spiro atoms. The van der Waals surface area contributed by atoms with Crippen LogP contribution in [0.2, 0.25) is 0 Å². The molecule has 0 bridgehead atoms. The van der Waals surface area contributed by atoms with E-state index in [-0.39, 0.29) is 17.0 Å². The maximum Gasteiger partial charge on any atom is 0.123 e. The molecule has 1 aliphatic carbocycles. The molecule has 2 aromatic rings. The van der Waals surface area contributed by atoms with Crippen LogP contribution < -0.4 is 0 Å². The minimum atomic E-state index is -0.255. The second-order valence-electron chi connectivity index (χ2n) is 5.17. The second-order valence-corrected chi connectivity index (χ2v) is 5.17. The van der Waals surface area contributed by atoms with Crippen molar-refractivity contribution < 1.29 is 8.78 Å². The average Bonchev–Trinajstić information content (AvgIpc) is 2.67. The average molecular weight is 258 g/mol. The number of halogens is 2. The van der Waals surface area contributed by atoms with Crippen molar-refractivity contribution >= 4 is 0 Å². The van der Waals surface area contributed by atoms with Crippen LogP contribution in [0.5, 0.6) is 0 Å². The number of hydrogen-bond acceptors (Lipinski definition) is 0. The largest absolute Gasteiger partial charge is 0.207 e. The molecule has 1 aliphatic rings. The number of rotatable bonds is 2. The molecule has 2 aromatic carbocycles. The standard InChI is InChI=1S/C17H16F2/c1-3-17(4-2)15-9-11(18)5-7-13(15)14-8-6-12(19)10-16(14)17/h5-10H,3-4H2,1-2H3. The monoisotopic (exact) mass is 258 g/mol. The molecule has 0 heterocycles. The number of hydrogen-bond donors (Lipinski definition) is 0. The Morgan fingerprint density at radius 2 is 1.21 bits per heavy atom.